The molecule has 0 radical (unpaired) electrons. The van der Waals surface area contributed by atoms with E-state index in [-0.39, 0.29) is 18.1 Å². The van der Waals surface area contributed by atoms with Crippen LogP contribution in [-0.4, -0.2) is 10.9 Å². The number of hydrogen-bond donors (Lipinski definition) is 1. The molecule has 0 spiro atoms. The van der Waals surface area contributed by atoms with Gasteiger partial charge in [0, 0.05) is 23.2 Å². The second-order valence-electron chi connectivity index (χ2n) is 5.57. The lowest BCUT2D eigenvalue weighted by Gasteiger charge is -2.06. The van der Waals surface area contributed by atoms with Crippen molar-refractivity contribution in [3.05, 3.63) is 76.5 Å². The van der Waals surface area contributed by atoms with Crippen LogP contribution in [0.3, 0.4) is 0 Å². The number of nitrogens with zero attached hydrogens (tertiary/aromatic N) is 1. The van der Waals surface area contributed by atoms with Gasteiger partial charge in [-0.1, -0.05) is 36.4 Å². The van der Waals surface area contributed by atoms with Crippen molar-refractivity contribution in [3.63, 3.8) is 0 Å². The molecule has 2 aromatic carbocycles. The maximum Gasteiger partial charge on any atom is 0.224 e. The van der Waals surface area contributed by atoms with Crippen molar-refractivity contribution >= 4 is 17.2 Å². The van der Waals surface area contributed by atoms with E-state index in [9.17, 15) is 9.18 Å². The summed E-state index contributed by atoms with van der Waals surface area (Å²) in [6.45, 7) is 2.42. The summed E-state index contributed by atoms with van der Waals surface area (Å²) in [5.41, 5.74) is 3.77. The maximum absolute atomic E-state index is 13.1. The van der Waals surface area contributed by atoms with Gasteiger partial charge in [0.05, 0.1) is 6.42 Å². The first-order valence-corrected chi connectivity index (χ1v) is 8.51. The number of hydrogen-bond acceptors (Lipinski definition) is 3. The summed E-state index contributed by atoms with van der Waals surface area (Å²) in [6, 6.07) is 14.1. The summed E-state index contributed by atoms with van der Waals surface area (Å²) in [4.78, 5) is 16.4. The van der Waals surface area contributed by atoms with Crippen LogP contribution in [0.2, 0.25) is 0 Å². The molecular weight excluding hydrogens is 323 g/mol. The first-order chi connectivity index (χ1) is 11.6. The van der Waals surface area contributed by atoms with E-state index in [1.165, 1.54) is 12.1 Å². The van der Waals surface area contributed by atoms with Gasteiger partial charge in [0.1, 0.15) is 10.8 Å². The van der Waals surface area contributed by atoms with Gasteiger partial charge in [-0.3, -0.25) is 4.79 Å². The lowest BCUT2D eigenvalue weighted by Crippen LogP contribution is -2.24. The summed E-state index contributed by atoms with van der Waals surface area (Å²) in [6.07, 6.45) is 0.175. The number of carbonyl (C=O) groups excluding carboxylic acids is 1. The predicted molar refractivity (Wildman–Crippen MR) is 94.2 cm³/mol. The molecular formula is C19H17FN2OS. The number of benzene rings is 2. The Balaban J connectivity index is 1.55. The molecule has 0 saturated carbocycles. The number of aryl methyl sites for hydroxylation is 1. The van der Waals surface area contributed by atoms with Crippen LogP contribution in [0.15, 0.2) is 53.9 Å². The maximum atomic E-state index is 13.1. The van der Waals surface area contributed by atoms with Crippen LogP contribution in [0, 0.1) is 12.7 Å². The van der Waals surface area contributed by atoms with E-state index in [0.29, 0.717) is 12.1 Å². The monoisotopic (exact) mass is 340 g/mol. The fraction of sp³-hybridized carbons (Fsp3) is 0.158. The van der Waals surface area contributed by atoms with Gasteiger partial charge in [-0.25, -0.2) is 9.37 Å². The van der Waals surface area contributed by atoms with Crippen molar-refractivity contribution < 1.29 is 9.18 Å². The Bertz CT molecular complexity index is 843. The lowest BCUT2D eigenvalue weighted by molar-refractivity contribution is -0.120. The Morgan fingerprint density at radius 3 is 2.62 bits per heavy atom. The lowest BCUT2D eigenvalue weighted by atomic mass is 10.1. The molecule has 0 fully saturated rings. The molecule has 0 aliphatic carbocycles. The standard InChI is InChI=1S/C19H17FN2OS/c1-13-12-24-19(22-13)16-7-5-14(6-8-16)11-21-18(23)10-15-3-2-4-17(20)9-15/h2-9,12H,10-11H2,1H3,(H,21,23). The first kappa shape index (κ1) is 16.3. The van der Waals surface area contributed by atoms with E-state index in [0.717, 1.165) is 21.8 Å². The van der Waals surface area contributed by atoms with Gasteiger partial charge in [-0.2, -0.15) is 0 Å². The summed E-state index contributed by atoms with van der Waals surface area (Å²) in [7, 11) is 0. The van der Waals surface area contributed by atoms with Crippen LogP contribution >= 0.6 is 11.3 Å². The zero-order chi connectivity index (χ0) is 16.9. The van der Waals surface area contributed by atoms with Crippen molar-refractivity contribution in [1.82, 2.24) is 10.3 Å². The molecule has 1 aromatic heterocycles. The molecule has 24 heavy (non-hydrogen) atoms. The van der Waals surface area contributed by atoms with Crippen LogP contribution < -0.4 is 5.32 Å². The van der Waals surface area contributed by atoms with Crippen LogP contribution in [-0.2, 0) is 17.8 Å². The van der Waals surface area contributed by atoms with Crippen molar-refractivity contribution in [3.8, 4) is 10.6 Å². The minimum Gasteiger partial charge on any atom is -0.352 e. The average Bonchev–Trinajstić information content (AvgIpc) is 3.00. The van der Waals surface area contributed by atoms with Gasteiger partial charge >= 0.3 is 0 Å². The molecule has 0 saturated heterocycles. The van der Waals surface area contributed by atoms with Gasteiger partial charge in [0.15, 0.2) is 0 Å². The minimum absolute atomic E-state index is 0.125. The van der Waals surface area contributed by atoms with Crippen molar-refractivity contribution in [2.75, 3.05) is 0 Å². The number of aromatic nitrogens is 1. The number of halogens is 1. The molecule has 122 valence electrons. The third-order valence-corrected chi connectivity index (χ3v) is 4.57. The number of rotatable bonds is 5. The van der Waals surface area contributed by atoms with Gasteiger partial charge in [-0.15, -0.1) is 11.3 Å². The van der Waals surface area contributed by atoms with Crippen molar-refractivity contribution in [2.24, 2.45) is 0 Å². The molecule has 5 heteroatoms. The Morgan fingerprint density at radius 1 is 1.17 bits per heavy atom. The van der Waals surface area contributed by atoms with E-state index in [4.69, 9.17) is 0 Å². The zero-order valence-corrected chi connectivity index (χ0v) is 14.1. The molecule has 3 nitrogen and oxygen atoms in total. The highest BCUT2D eigenvalue weighted by atomic mass is 32.1. The predicted octanol–water partition coefficient (Wildman–Crippen LogP) is 4.12. The summed E-state index contributed by atoms with van der Waals surface area (Å²) in [5, 5.41) is 5.87. The fourth-order valence-electron chi connectivity index (χ4n) is 2.35. The van der Waals surface area contributed by atoms with E-state index in [1.807, 2.05) is 36.6 Å². The quantitative estimate of drug-likeness (QED) is 0.759. The van der Waals surface area contributed by atoms with Crippen LogP contribution in [0.25, 0.3) is 10.6 Å². The van der Waals surface area contributed by atoms with E-state index in [1.54, 1.807) is 23.5 Å². The molecule has 0 atom stereocenters. The van der Waals surface area contributed by atoms with E-state index in [2.05, 4.69) is 10.3 Å². The number of amides is 1. The van der Waals surface area contributed by atoms with Gasteiger partial charge < -0.3 is 5.32 Å². The second-order valence-corrected chi connectivity index (χ2v) is 6.43. The minimum atomic E-state index is -0.326. The first-order valence-electron chi connectivity index (χ1n) is 7.63. The SMILES string of the molecule is Cc1csc(-c2ccc(CNC(=O)Cc3cccc(F)c3)cc2)n1. The van der Waals surface area contributed by atoms with E-state index < -0.39 is 0 Å². The van der Waals surface area contributed by atoms with Crippen LogP contribution in [0.1, 0.15) is 16.8 Å². The number of nitrogens with one attached hydrogen (secondary N) is 1. The smallest absolute Gasteiger partial charge is 0.224 e. The molecule has 1 amide bonds. The average molecular weight is 340 g/mol. The molecule has 3 rings (SSSR count). The highest BCUT2D eigenvalue weighted by Crippen LogP contribution is 2.23. The third-order valence-electron chi connectivity index (χ3n) is 3.56. The molecule has 1 heterocycles. The van der Waals surface area contributed by atoms with E-state index >= 15 is 0 Å². The molecule has 0 bridgehead atoms. The topological polar surface area (TPSA) is 42.0 Å². The normalized spacial score (nSPS) is 10.6. The third kappa shape index (κ3) is 4.26. The van der Waals surface area contributed by atoms with Gasteiger partial charge in [0.25, 0.3) is 0 Å². The molecule has 0 aliphatic rings. The van der Waals surface area contributed by atoms with Gasteiger partial charge in [0.2, 0.25) is 5.91 Å². The summed E-state index contributed by atoms with van der Waals surface area (Å²) >= 11 is 1.62. The molecule has 0 unspecified atom stereocenters. The molecule has 0 aliphatic heterocycles. The molecule has 1 N–H and O–H groups in total. The summed E-state index contributed by atoms with van der Waals surface area (Å²) in [5.74, 6) is -0.450. The Kier molecular flexibility index (Phi) is 5.01. The largest absolute Gasteiger partial charge is 0.352 e. The Morgan fingerprint density at radius 2 is 1.96 bits per heavy atom. The van der Waals surface area contributed by atoms with Crippen LogP contribution in [0.4, 0.5) is 4.39 Å². The van der Waals surface area contributed by atoms with Gasteiger partial charge in [-0.05, 0) is 30.2 Å². The van der Waals surface area contributed by atoms with Crippen molar-refractivity contribution in [2.45, 2.75) is 19.9 Å². The second kappa shape index (κ2) is 7.36. The highest BCUT2D eigenvalue weighted by molar-refractivity contribution is 7.13. The Labute approximate surface area is 144 Å². The fourth-order valence-corrected chi connectivity index (χ4v) is 3.15. The van der Waals surface area contributed by atoms with Crippen LogP contribution in [0.5, 0.6) is 0 Å². The van der Waals surface area contributed by atoms with Crippen molar-refractivity contribution in [1.29, 1.82) is 0 Å². The Hall–Kier alpha value is -2.53. The number of carbonyl (C=O) groups is 1. The zero-order valence-electron chi connectivity index (χ0n) is 13.3. The molecule has 3 aromatic rings. The highest BCUT2D eigenvalue weighted by Gasteiger charge is 2.06. The number of thiazole rings is 1. The summed E-state index contributed by atoms with van der Waals surface area (Å²) < 4.78 is 13.1.